The Kier molecular flexibility index (Phi) is 5.43. The maximum Gasteiger partial charge on any atom is 0.211 e. The van der Waals surface area contributed by atoms with Crippen LogP contribution < -0.4 is 26.8 Å². The smallest absolute Gasteiger partial charge is 0.211 e. The Morgan fingerprint density at radius 3 is 2.72 bits per heavy atom. The molecule has 158 valence electrons. The van der Waals surface area contributed by atoms with Crippen molar-refractivity contribution in [2.24, 2.45) is 4.99 Å². The number of hydrogen-bond acceptors (Lipinski definition) is 9. The molecule has 1 aliphatic heterocycles. The number of aliphatic imine (C=N–C) groups is 1. The second-order valence-corrected chi connectivity index (χ2v) is 6.89. The maximum absolute atomic E-state index is 13.4. The van der Waals surface area contributed by atoms with E-state index in [4.69, 9.17) is 21.5 Å². The lowest BCUT2D eigenvalue weighted by Crippen LogP contribution is -2.32. The molecule has 1 atom stereocenters. The molecule has 0 saturated carbocycles. The molecule has 1 unspecified atom stereocenters. The Hall–Kier alpha value is -4.83. The van der Waals surface area contributed by atoms with E-state index in [1.165, 1.54) is 12.1 Å². The number of anilines is 3. The summed E-state index contributed by atoms with van der Waals surface area (Å²) in [6.07, 6.45) is 1.81. The number of nitrogen functional groups attached to an aromatic ring is 2. The molecule has 3 aromatic rings. The molecule has 1 aliphatic rings. The van der Waals surface area contributed by atoms with E-state index in [9.17, 15) is 9.65 Å². The molecule has 2 heterocycles. The van der Waals surface area contributed by atoms with E-state index in [1.807, 2.05) is 36.5 Å². The molecule has 10 heteroatoms. The second kappa shape index (κ2) is 8.50. The highest BCUT2D eigenvalue weighted by Crippen LogP contribution is 2.40. The number of nitrogens with one attached hydrogen (secondary N) is 2. The fraction of sp³-hybridized carbons (Fsp3) is 0.0909. The highest BCUT2D eigenvalue weighted by molar-refractivity contribution is 5.98. The van der Waals surface area contributed by atoms with Gasteiger partial charge >= 0.3 is 0 Å². The summed E-state index contributed by atoms with van der Waals surface area (Å²) in [7, 11) is 0. The van der Waals surface area contributed by atoms with Crippen LogP contribution >= 0.6 is 0 Å². The van der Waals surface area contributed by atoms with Crippen LogP contribution in [-0.2, 0) is 6.61 Å². The minimum Gasteiger partial charge on any atom is -0.489 e. The van der Waals surface area contributed by atoms with Gasteiger partial charge in [0.05, 0.1) is 5.69 Å². The summed E-state index contributed by atoms with van der Waals surface area (Å²) in [5.74, 6) is 0.472. The lowest BCUT2D eigenvalue weighted by Gasteiger charge is -2.26. The van der Waals surface area contributed by atoms with Gasteiger partial charge < -0.3 is 21.5 Å². The zero-order chi connectivity index (χ0) is 22.7. The number of aromatic nitrogens is 1. The van der Waals surface area contributed by atoms with E-state index >= 15 is 0 Å². The molecular weight excluding hydrogens is 411 g/mol. The van der Waals surface area contributed by atoms with Crippen LogP contribution in [0.3, 0.4) is 0 Å². The average molecular weight is 428 g/mol. The average Bonchev–Trinajstić information content (AvgIpc) is 2.78. The zero-order valence-electron chi connectivity index (χ0n) is 16.6. The SMILES string of the molecule is N#CNC1=NC(c2cccc(COc3cccc(F)c3)c2)c2c(nc(N)c(C#N)c2N)N1. The van der Waals surface area contributed by atoms with Crippen molar-refractivity contribution in [2.75, 3.05) is 16.8 Å². The number of nitrogens with zero attached hydrogens (tertiary/aromatic N) is 4. The number of benzene rings is 2. The van der Waals surface area contributed by atoms with Gasteiger partial charge in [0.2, 0.25) is 5.96 Å². The molecule has 2 aromatic carbocycles. The fourth-order valence-electron chi connectivity index (χ4n) is 3.40. The first-order chi connectivity index (χ1) is 15.5. The molecule has 9 nitrogen and oxygen atoms in total. The van der Waals surface area contributed by atoms with Crippen molar-refractivity contribution in [2.45, 2.75) is 12.6 Å². The van der Waals surface area contributed by atoms with Crippen LogP contribution in [0.5, 0.6) is 5.75 Å². The van der Waals surface area contributed by atoms with Crippen molar-refractivity contribution in [1.29, 1.82) is 10.5 Å². The van der Waals surface area contributed by atoms with E-state index in [0.717, 1.165) is 11.1 Å². The van der Waals surface area contributed by atoms with Crippen LogP contribution in [0.2, 0.25) is 0 Å². The Bertz CT molecular complexity index is 1310. The Balaban J connectivity index is 1.72. The number of rotatable bonds is 4. The van der Waals surface area contributed by atoms with Crippen LogP contribution in [0.25, 0.3) is 0 Å². The predicted molar refractivity (Wildman–Crippen MR) is 117 cm³/mol. The number of hydrogen-bond donors (Lipinski definition) is 4. The maximum atomic E-state index is 13.4. The minimum absolute atomic E-state index is 0.0227. The van der Waals surface area contributed by atoms with Gasteiger partial charge in [0.15, 0.2) is 6.19 Å². The summed E-state index contributed by atoms with van der Waals surface area (Å²) < 4.78 is 19.1. The van der Waals surface area contributed by atoms with E-state index in [2.05, 4.69) is 20.6 Å². The molecule has 32 heavy (non-hydrogen) atoms. The third-order valence-electron chi connectivity index (χ3n) is 4.83. The van der Waals surface area contributed by atoms with Crippen LogP contribution in [0.1, 0.15) is 28.3 Å². The Morgan fingerprint density at radius 1 is 1.16 bits per heavy atom. The van der Waals surface area contributed by atoms with E-state index in [1.54, 1.807) is 12.1 Å². The standard InChI is InChI=1S/C22H17FN8O/c23-14-5-2-6-15(8-14)32-10-12-3-1-4-13(7-12)19-17-18(26)16(9-24)20(27)30-21(17)31-22(29-19)28-11-25/h1-8,19H,10H2,(H6,26,27,28,29,30,31). The van der Waals surface area contributed by atoms with Crippen molar-refractivity contribution < 1.29 is 9.13 Å². The highest BCUT2D eigenvalue weighted by Gasteiger charge is 2.29. The van der Waals surface area contributed by atoms with Gasteiger partial charge in [-0.05, 0) is 29.3 Å². The van der Waals surface area contributed by atoms with Gasteiger partial charge in [-0.15, -0.1) is 0 Å². The van der Waals surface area contributed by atoms with Gasteiger partial charge in [-0.3, -0.25) is 5.32 Å². The van der Waals surface area contributed by atoms with E-state index in [0.29, 0.717) is 17.1 Å². The number of fused-ring (bicyclic) bond motifs is 1. The Labute approximate surface area is 182 Å². The number of nitriles is 2. The molecule has 0 radical (unpaired) electrons. The van der Waals surface area contributed by atoms with Gasteiger partial charge in [-0.2, -0.15) is 10.5 Å². The molecule has 0 fully saturated rings. The van der Waals surface area contributed by atoms with Gasteiger partial charge in [0.25, 0.3) is 0 Å². The second-order valence-electron chi connectivity index (χ2n) is 6.89. The first-order valence-corrected chi connectivity index (χ1v) is 9.46. The fourth-order valence-corrected chi connectivity index (χ4v) is 3.40. The molecule has 0 aliphatic carbocycles. The van der Waals surface area contributed by atoms with E-state index in [-0.39, 0.29) is 35.5 Å². The number of pyridine rings is 1. The summed E-state index contributed by atoms with van der Waals surface area (Å²) in [5, 5.41) is 23.8. The topological polar surface area (TPSA) is 158 Å². The molecule has 1 aromatic heterocycles. The van der Waals surface area contributed by atoms with Gasteiger partial charge in [0, 0.05) is 11.6 Å². The van der Waals surface area contributed by atoms with Crippen LogP contribution in [0.15, 0.2) is 53.5 Å². The summed E-state index contributed by atoms with van der Waals surface area (Å²) in [5.41, 5.74) is 14.4. The third-order valence-corrected chi connectivity index (χ3v) is 4.83. The van der Waals surface area contributed by atoms with E-state index < -0.39 is 6.04 Å². The quantitative estimate of drug-likeness (QED) is 0.365. The molecule has 0 amide bonds. The molecule has 0 bridgehead atoms. The summed E-state index contributed by atoms with van der Waals surface area (Å²) in [4.78, 5) is 8.77. The molecule has 0 saturated heterocycles. The van der Waals surface area contributed by atoms with Gasteiger partial charge in [0.1, 0.15) is 47.5 Å². The monoisotopic (exact) mass is 428 g/mol. The minimum atomic E-state index is -0.656. The summed E-state index contributed by atoms with van der Waals surface area (Å²) >= 11 is 0. The Morgan fingerprint density at radius 2 is 1.97 bits per heavy atom. The zero-order valence-corrected chi connectivity index (χ0v) is 16.6. The first kappa shape index (κ1) is 20.4. The summed E-state index contributed by atoms with van der Waals surface area (Å²) in [6, 6.07) is 14.6. The van der Waals surface area contributed by atoms with Crippen molar-refractivity contribution in [3.05, 3.63) is 76.6 Å². The number of nitrogens with two attached hydrogens (primary N) is 2. The molecule has 0 spiro atoms. The lowest BCUT2D eigenvalue weighted by molar-refractivity contribution is 0.304. The summed E-state index contributed by atoms with van der Waals surface area (Å²) in [6.45, 7) is 0.195. The van der Waals surface area contributed by atoms with Crippen molar-refractivity contribution in [3.8, 4) is 18.0 Å². The van der Waals surface area contributed by atoms with Crippen LogP contribution in [0.4, 0.5) is 21.7 Å². The normalized spacial score (nSPS) is 14.2. The molecular formula is C22H17FN8O. The third kappa shape index (κ3) is 3.93. The van der Waals surface area contributed by atoms with Gasteiger partial charge in [-0.1, -0.05) is 24.3 Å². The van der Waals surface area contributed by atoms with Crippen molar-refractivity contribution in [1.82, 2.24) is 10.3 Å². The molecule has 4 rings (SSSR count). The largest absolute Gasteiger partial charge is 0.489 e. The number of halogens is 1. The van der Waals surface area contributed by atoms with Crippen LogP contribution in [0, 0.1) is 28.6 Å². The highest BCUT2D eigenvalue weighted by atomic mass is 19.1. The number of guanidine groups is 1. The van der Waals surface area contributed by atoms with Crippen molar-refractivity contribution >= 4 is 23.3 Å². The van der Waals surface area contributed by atoms with Crippen molar-refractivity contribution in [3.63, 3.8) is 0 Å². The molecule has 6 N–H and O–H groups in total. The number of ether oxygens (including phenoxy) is 1. The first-order valence-electron chi connectivity index (χ1n) is 9.46. The predicted octanol–water partition coefficient (Wildman–Crippen LogP) is 2.78. The van der Waals surface area contributed by atoms with Crippen LogP contribution in [-0.4, -0.2) is 10.9 Å². The van der Waals surface area contributed by atoms with Gasteiger partial charge in [-0.25, -0.2) is 14.4 Å². The lowest BCUT2D eigenvalue weighted by atomic mass is 9.94.